The molecular weight excluding hydrogens is 353 g/mol. The zero-order valence-electron chi connectivity index (χ0n) is 15.1. The molecule has 0 spiro atoms. The van der Waals surface area contributed by atoms with Gasteiger partial charge in [0.25, 0.3) is 0 Å². The molecule has 1 N–H and O–H groups in total. The molecule has 144 valence electrons. The summed E-state index contributed by atoms with van der Waals surface area (Å²) >= 11 is 0. The lowest BCUT2D eigenvalue weighted by Crippen LogP contribution is -2.41. The maximum atomic E-state index is 12.8. The van der Waals surface area contributed by atoms with Crippen molar-refractivity contribution in [1.29, 1.82) is 0 Å². The van der Waals surface area contributed by atoms with Gasteiger partial charge in [-0.15, -0.1) is 0 Å². The third-order valence-electron chi connectivity index (χ3n) is 4.50. The fraction of sp³-hybridized carbons (Fsp3) is 0.421. The normalized spacial score (nSPS) is 14.8. The molecule has 3 rings (SSSR count). The number of nitrogens with zero attached hydrogens (tertiary/aromatic N) is 2. The molecule has 2 amide bonds. The Bertz CT molecular complexity index is 783. The summed E-state index contributed by atoms with van der Waals surface area (Å²) in [6.07, 6.45) is 1.45. The summed E-state index contributed by atoms with van der Waals surface area (Å²) in [5.41, 5.74) is 0. The van der Waals surface area contributed by atoms with E-state index in [-0.39, 0.29) is 36.6 Å². The molecule has 1 fully saturated rings. The first-order valence-electron chi connectivity index (χ1n) is 8.91. The van der Waals surface area contributed by atoms with Gasteiger partial charge in [0, 0.05) is 25.1 Å². The molecule has 27 heavy (non-hydrogen) atoms. The molecule has 7 nitrogen and oxygen atoms in total. The van der Waals surface area contributed by atoms with Gasteiger partial charge in [0.15, 0.2) is 5.82 Å². The zero-order valence-corrected chi connectivity index (χ0v) is 15.1. The molecule has 1 aliphatic rings. The monoisotopic (exact) mass is 375 g/mol. The number of rotatable bonds is 6. The summed E-state index contributed by atoms with van der Waals surface area (Å²) < 4.78 is 23.2. The molecule has 2 aromatic rings. The number of aryl methyl sites for hydroxylation is 1. The number of hydrogen-bond donors (Lipinski definition) is 1. The number of aromatic nitrogens is 1. The number of anilines is 1. The van der Waals surface area contributed by atoms with E-state index in [0.717, 1.165) is 0 Å². The van der Waals surface area contributed by atoms with E-state index in [2.05, 4.69) is 10.5 Å². The van der Waals surface area contributed by atoms with E-state index in [4.69, 9.17) is 9.26 Å². The third-order valence-corrected chi connectivity index (χ3v) is 4.50. The maximum Gasteiger partial charge on any atom is 0.228 e. The van der Waals surface area contributed by atoms with Crippen LogP contribution in [0.1, 0.15) is 25.0 Å². The summed E-state index contributed by atoms with van der Waals surface area (Å²) in [5.74, 6) is 0.980. The van der Waals surface area contributed by atoms with Crippen LogP contribution in [-0.4, -0.2) is 41.6 Å². The van der Waals surface area contributed by atoms with Crippen molar-refractivity contribution in [3.8, 4) is 5.75 Å². The van der Waals surface area contributed by atoms with E-state index in [0.29, 0.717) is 43.3 Å². The van der Waals surface area contributed by atoms with Crippen molar-refractivity contribution < 1.29 is 23.2 Å². The average molecular weight is 375 g/mol. The van der Waals surface area contributed by atoms with Crippen LogP contribution < -0.4 is 10.1 Å². The Balaban J connectivity index is 1.38. The van der Waals surface area contributed by atoms with Crippen molar-refractivity contribution in [2.75, 3.05) is 25.0 Å². The number of likely N-dealkylation sites (tertiary alicyclic amines) is 1. The lowest BCUT2D eigenvalue weighted by atomic mass is 9.95. The summed E-state index contributed by atoms with van der Waals surface area (Å²) in [6, 6.07) is 7.35. The van der Waals surface area contributed by atoms with Crippen LogP contribution in [0.2, 0.25) is 0 Å². The Labute approximate surface area is 156 Å². The highest BCUT2D eigenvalue weighted by atomic mass is 19.1. The van der Waals surface area contributed by atoms with Gasteiger partial charge in [-0.3, -0.25) is 9.59 Å². The molecule has 1 aliphatic heterocycles. The summed E-state index contributed by atoms with van der Waals surface area (Å²) in [4.78, 5) is 26.3. The minimum absolute atomic E-state index is 0.0110. The molecule has 8 heteroatoms. The summed E-state index contributed by atoms with van der Waals surface area (Å²) in [7, 11) is 0. The van der Waals surface area contributed by atoms with Crippen LogP contribution in [0.15, 0.2) is 34.9 Å². The van der Waals surface area contributed by atoms with Gasteiger partial charge in [-0.05, 0) is 44.0 Å². The third kappa shape index (κ3) is 5.29. The summed E-state index contributed by atoms with van der Waals surface area (Å²) in [5, 5.41) is 6.49. The van der Waals surface area contributed by atoms with E-state index in [1.54, 1.807) is 17.9 Å². The van der Waals surface area contributed by atoms with Crippen LogP contribution in [0.5, 0.6) is 5.75 Å². The Morgan fingerprint density at radius 1 is 1.30 bits per heavy atom. The second kappa shape index (κ2) is 8.66. The number of halogens is 1. The first-order chi connectivity index (χ1) is 13.0. The molecule has 0 unspecified atom stereocenters. The lowest BCUT2D eigenvalue weighted by molar-refractivity contribution is -0.135. The Kier molecular flexibility index (Phi) is 6.05. The molecule has 0 bridgehead atoms. The number of hydrogen-bond acceptors (Lipinski definition) is 5. The second-order valence-corrected chi connectivity index (χ2v) is 6.52. The van der Waals surface area contributed by atoms with E-state index >= 15 is 0 Å². The van der Waals surface area contributed by atoms with Gasteiger partial charge in [-0.2, -0.15) is 0 Å². The zero-order chi connectivity index (χ0) is 19.2. The van der Waals surface area contributed by atoms with E-state index in [9.17, 15) is 14.0 Å². The van der Waals surface area contributed by atoms with Crippen molar-refractivity contribution in [1.82, 2.24) is 10.1 Å². The van der Waals surface area contributed by atoms with Crippen molar-refractivity contribution in [2.24, 2.45) is 5.92 Å². The van der Waals surface area contributed by atoms with Crippen LogP contribution in [0, 0.1) is 18.7 Å². The number of nitrogens with one attached hydrogen (secondary N) is 1. The van der Waals surface area contributed by atoms with Crippen LogP contribution in [0.4, 0.5) is 10.2 Å². The van der Waals surface area contributed by atoms with Crippen LogP contribution >= 0.6 is 0 Å². The van der Waals surface area contributed by atoms with Crippen molar-refractivity contribution >= 4 is 17.6 Å². The van der Waals surface area contributed by atoms with Gasteiger partial charge in [-0.25, -0.2) is 4.39 Å². The summed E-state index contributed by atoms with van der Waals surface area (Å²) in [6.45, 7) is 3.06. The topological polar surface area (TPSA) is 84.7 Å². The van der Waals surface area contributed by atoms with Crippen LogP contribution in [0.25, 0.3) is 0 Å². The first-order valence-corrected chi connectivity index (χ1v) is 8.91. The van der Waals surface area contributed by atoms with Crippen molar-refractivity contribution in [3.63, 3.8) is 0 Å². The van der Waals surface area contributed by atoms with E-state index in [1.165, 1.54) is 24.3 Å². The van der Waals surface area contributed by atoms with Gasteiger partial charge in [-0.1, -0.05) is 5.16 Å². The molecule has 2 heterocycles. The lowest BCUT2D eigenvalue weighted by Gasteiger charge is -2.31. The highest BCUT2D eigenvalue weighted by molar-refractivity contribution is 5.91. The highest BCUT2D eigenvalue weighted by Gasteiger charge is 2.27. The van der Waals surface area contributed by atoms with E-state index in [1.807, 2.05) is 0 Å². The fourth-order valence-electron chi connectivity index (χ4n) is 2.99. The molecule has 1 saturated heterocycles. The number of carbonyl (C=O) groups is 2. The smallest absolute Gasteiger partial charge is 0.228 e. The minimum atomic E-state index is -0.330. The number of amides is 2. The molecule has 0 radical (unpaired) electrons. The molecule has 0 saturated carbocycles. The predicted molar refractivity (Wildman–Crippen MR) is 95.7 cm³/mol. The van der Waals surface area contributed by atoms with Gasteiger partial charge < -0.3 is 19.5 Å². The Morgan fingerprint density at radius 3 is 2.63 bits per heavy atom. The first kappa shape index (κ1) is 18.9. The molecule has 0 aliphatic carbocycles. The average Bonchev–Trinajstić information content (AvgIpc) is 3.08. The van der Waals surface area contributed by atoms with Gasteiger partial charge >= 0.3 is 0 Å². The SMILES string of the molecule is Cc1cc(NC(=O)C2CCN(C(=O)CCOc3ccc(F)cc3)CC2)no1. The quantitative estimate of drug-likeness (QED) is 0.839. The largest absolute Gasteiger partial charge is 0.493 e. The number of carbonyl (C=O) groups excluding carboxylic acids is 2. The Hall–Kier alpha value is -2.90. The minimum Gasteiger partial charge on any atom is -0.493 e. The van der Waals surface area contributed by atoms with E-state index < -0.39 is 0 Å². The predicted octanol–water partition coefficient (Wildman–Crippen LogP) is 2.77. The molecule has 1 aromatic heterocycles. The van der Waals surface area contributed by atoms with Gasteiger partial charge in [0.05, 0.1) is 13.0 Å². The maximum absolute atomic E-state index is 12.8. The number of benzene rings is 1. The molecule has 1 aromatic carbocycles. The second-order valence-electron chi connectivity index (χ2n) is 6.52. The number of piperidine rings is 1. The number of ether oxygens (including phenoxy) is 1. The van der Waals surface area contributed by atoms with Crippen LogP contribution in [-0.2, 0) is 9.59 Å². The standard InChI is InChI=1S/C19H22FN3O4/c1-13-12-17(22-27-13)21-19(25)14-6-9-23(10-7-14)18(24)8-11-26-16-4-2-15(20)3-5-16/h2-5,12,14H,6-11H2,1H3,(H,21,22,25). The van der Waals surface area contributed by atoms with Crippen molar-refractivity contribution in [3.05, 3.63) is 41.9 Å². The highest BCUT2D eigenvalue weighted by Crippen LogP contribution is 2.20. The van der Waals surface area contributed by atoms with Gasteiger partial charge in [0.2, 0.25) is 11.8 Å². The van der Waals surface area contributed by atoms with Crippen LogP contribution in [0.3, 0.4) is 0 Å². The Morgan fingerprint density at radius 2 is 2.00 bits per heavy atom. The molecule has 0 atom stereocenters. The van der Waals surface area contributed by atoms with Crippen molar-refractivity contribution in [2.45, 2.75) is 26.2 Å². The fourth-order valence-corrected chi connectivity index (χ4v) is 2.99. The molecular formula is C19H22FN3O4. The van der Waals surface area contributed by atoms with Gasteiger partial charge in [0.1, 0.15) is 17.3 Å².